The Hall–Kier alpha value is -12.8. The van der Waals surface area contributed by atoms with Crippen LogP contribution in [-0.2, 0) is 57.5 Å². The summed E-state index contributed by atoms with van der Waals surface area (Å²) in [7, 11) is 0. The van der Waals surface area contributed by atoms with Crippen molar-refractivity contribution in [1.29, 1.82) is 0 Å². The summed E-state index contributed by atoms with van der Waals surface area (Å²) >= 11 is 0. The van der Waals surface area contributed by atoms with Gasteiger partial charge in [0.2, 0.25) is 70.9 Å². The number of hydrogen-bond acceptors (Lipinski definition) is 17. The van der Waals surface area contributed by atoms with Crippen LogP contribution in [0.2, 0.25) is 0 Å². The minimum absolute atomic E-state index is 0.0133. The van der Waals surface area contributed by atoms with Gasteiger partial charge in [-0.2, -0.15) is 0 Å². The monoisotopic (exact) mass is 1820 g/mol. The number of nitrogens with zero attached hydrogens (tertiary/aromatic N) is 11. The number of primary amides is 1. The van der Waals surface area contributed by atoms with Crippen LogP contribution >= 0.6 is 0 Å². The lowest BCUT2D eigenvalue weighted by Gasteiger charge is -2.38. The Balaban J connectivity index is 1.12. The highest BCUT2D eigenvalue weighted by Crippen LogP contribution is 2.32. The van der Waals surface area contributed by atoms with E-state index >= 15 is 43.2 Å². The van der Waals surface area contributed by atoms with Gasteiger partial charge in [-0.05, 0) is 184 Å². The molecular formula is C104H139N17O12. The minimum Gasteiger partial charge on any atom is -0.368 e. The minimum atomic E-state index is -0.854. The zero-order valence-corrected chi connectivity index (χ0v) is 78.7. The van der Waals surface area contributed by atoms with Crippen LogP contribution in [0.4, 0.5) is 0 Å². The molecule has 712 valence electrons. The number of carbonyl (C=O) groups excluding carboxylic acids is 12. The summed E-state index contributed by atoms with van der Waals surface area (Å²) in [6.45, 7) is 9.90. The molecule has 0 saturated carbocycles. The first kappa shape index (κ1) is 106. The summed E-state index contributed by atoms with van der Waals surface area (Å²) in [6, 6.07) is 66.8. The smallest absolute Gasteiger partial charge is 0.243 e. The highest BCUT2D eigenvalue weighted by atomic mass is 16.2. The van der Waals surface area contributed by atoms with E-state index in [-0.39, 0.29) is 51.7 Å². The lowest BCUT2D eigenvalue weighted by molar-refractivity contribution is -0.152. The van der Waals surface area contributed by atoms with Crippen molar-refractivity contribution in [2.45, 2.75) is 155 Å². The summed E-state index contributed by atoms with van der Waals surface area (Å²) in [5, 5.41) is 3.21. The molecule has 0 aliphatic rings. The number of carbonyl (C=O) groups is 12. The molecule has 8 aromatic rings. The lowest BCUT2D eigenvalue weighted by atomic mass is 10.0. The third-order valence-electron chi connectivity index (χ3n) is 24.8. The van der Waals surface area contributed by atoms with Gasteiger partial charge in [-0.3, -0.25) is 57.5 Å². The first-order chi connectivity index (χ1) is 64.1. The highest BCUT2D eigenvalue weighted by Gasteiger charge is 2.40. The van der Waals surface area contributed by atoms with Gasteiger partial charge in [-0.25, -0.2) is 0 Å². The maximum atomic E-state index is 16.1. The number of unbranched alkanes of at least 4 members (excludes halogenated alkanes) is 4. The largest absolute Gasteiger partial charge is 0.368 e. The third-order valence-corrected chi connectivity index (χ3v) is 24.8. The predicted molar refractivity (Wildman–Crippen MR) is 518 cm³/mol. The van der Waals surface area contributed by atoms with Crippen LogP contribution in [0.1, 0.15) is 200 Å². The topological polar surface area (TPSA) is 383 Å². The van der Waals surface area contributed by atoms with Gasteiger partial charge in [0.25, 0.3) is 0 Å². The molecule has 12 amide bonds. The van der Waals surface area contributed by atoms with Crippen molar-refractivity contribution < 1.29 is 57.5 Å². The SMILES string of the molecule is C[C@H](c1ccccc1)N(CC(N)=O)C(=O)CN(C(=O)CN(CCCCN)C(=O)CN(C(=O)CN(C(=O)CN(CCCCN)C(=O)CN(C(=O)CN(C(=O)CN(CCCCN)C(=O)CN(C(=O)CN(C(=O)CNCCCCN)[C@H](C)c1ccccc1)[C@H](C)c1ccccc1)[C@H](C)c1ccccc1)[C@H](C)c1ccccc1)[C@H](C)c1ccccc1)[C@H](C)c1ccccc1)[C@H](C)c1ccccc1. The fourth-order valence-electron chi connectivity index (χ4n) is 16.3. The zero-order valence-electron chi connectivity index (χ0n) is 78.7. The molecule has 8 atom stereocenters. The summed E-state index contributed by atoms with van der Waals surface area (Å²) in [5.74, 6) is -7.34. The molecule has 0 bridgehead atoms. The molecule has 0 aliphatic heterocycles. The number of benzene rings is 8. The molecule has 0 heterocycles. The van der Waals surface area contributed by atoms with Crippen molar-refractivity contribution in [2.75, 3.05) is 131 Å². The maximum Gasteiger partial charge on any atom is 0.243 e. The van der Waals surface area contributed by atoms with E-state index in [0.717, 1.165) is 24.0 Å². The Kier molecular flexibility index (Phi) is 44.1. The van der Waals surface area contributed by atoms with Gasteiger partial charge >= 0.3 is 0 Å². The molecule has 11 N–H and O–H groups in total. The fourth-order valence-corrected chi connectivity index (χ4v) is 16.3. The van der Waals surface area contributed by atoms with Crippen molar-refractivity contribution >= 4 is 70.9 Å². The van der Waals surface area contributed by atoms with E-state index in [0.29, 0.717) is 85.0 Å². The molecule has 0 radical (unpaired) electrons. The number of rotatable bonds is 56. The van der Waals surface area contributed by atoms with Gasteiger partial charge in [0.15, 0.2) is 0 Å². The van der Waals surface area contributed by atoms with E-state index in [1.54, 1.807) is 109 Å². The van der Waals surface area contributed by atoms with Crippen molar-refractivity contribution in [3.8, 4) is 0 Å². The maximum absolute atomic E-state index is 16.1. The molecule has 133 heavy (non-hydrogen) atoms. The summed E-state index contributed by atoms with van der Waals surface area (Å²) in [6.07, 6.45) is 3.88. The van der Waals surface area contributed by atoms with Crippen LogP contribution in [0, 0.1) is 0 Å². The molecular weight excluding hydrogens is 1680 g/mol. The second kappa shape index (κ2) is 55.5. The van der Waals surface area contributed by atoms with Crippen molar-refractivity contribution in [3.63, 3.8) is 0 Å². The molecule has 8 aromatic carbocycles. The molecule has 0 aliphatic carbocycles. The van der Waals surface area contributed by atoms with Crippen molar-refractivity contribution in [3.05, 3.63) is 287 Å². The average Bonchev–Trinajstić information content (AvgIpc) is 0.817. The molecule has 0 saturated heterocycles. The van der Waals surface area contributed by atoms with Gasteiger partial charge in [0.05, 0.1) is 81.1 Å². The Morgan fingerprint density at radius 2 is 0.383 bits per heavy atom. The molecule has 29 heteroatoms. The summed E-state index contributed by atoms with van der Waals surface area (Å²) < 4.78 is 0. The van der Waals surface area contributed by atoms with Gasteiger partial charge < -0.3 is 87.9 Å². The van der Waals surface area contributed by atoms with Gasteiger partial charge in [0.1, 0.15) is 45.8 Å². The standard InChI is InChI=1S/C104H139N17O12/c1-77(85-41-17-9-18-42-85)114(66-93(109)122)101(130)74-119(82(6)90-51-27-14-28-52-90)98(127)67-111(62-38-34-58-106)96(125)71-117(80(4)88-47-23-12-24-48-88)103(132)76-121(84(8)92-55-31-16-32-56-92)100(129)69-113(64-40-36-60-108)97(126)72-118(81(5)89-49-25-13-26-50-89)104(133)75-120(83(7)91-53-29-15-30-54-91)99(128)68-112(63-39-35-59-107)95(124)70-116(79(3)87-45-21-11-22-46-87)102(131)73-115(78(2)86-43-19-10-20-44-86)94(123)65-110-61-37-33-57-105/h9-32,41-56,77-84,110H,33-40,57-76,105-108H2,1-8H3,(H2,109,122)/t77-,78-,79-,80-,81-,82-,83-,84-/m1/s1. The van der Waals surface area contributed by atoms with E-state index in [1.807, 2.05) is 189 Å². The summed E-state index contributed by atoms with van der Waals surface area (Å²) in [4.78, 5) is 199. The normalized spacial score (nSPS) is 12.9. The number of nitrogens with one attached hydrogen (secondary N) is 1. The first-order valence-corrected chi connectivity index (χ1v) is 46.5. The Labute approximate surface area is 785 Å². The second-order valence-electron chi connectivity index (χ2n) is 33.9. The highest BCUT2D eigenvalue weighted by molar-refractivity contribution is 5.96. The van der Waals surface area contributed by atoms with Crippen LogP contribution in [0.3, 0.4) is 0 Å². The molecule has 0 unspecified atom stereocenters. The zero-order chi connectivity index (χ0) is 96.3. The predicted octanol–water partition coefficient (Wildman–Crippen LogP) is 10.2. The van der Waals surface area contributed by atoms with E-state index in [4.69, 9.17) is 28.7 Å². The number of hydrogen-bond donors (Lipinski definition) is 6. The Morgan fingerprint density at radius 1 is 0.218 bits per heavy atom. The second-order valence-corrected chi connectivity index (χ2v) is 33.9. The van der Waals surface area contributed by atoms with Crippen molar-refractivity contribution in [1.82, 2.24) is 59.2 Å². The molecule has 29 nitrogen and oxygen atoms in total. The van der Waals surface area contributed by atoms with Crippen LogP contribution < -0.4 is 34.0 Å². The van der Waals surface area contributed by atoms with Gasteiger partial charge in [-0.15, -0.1) is 0 Å². The fraction of sp³-hybridized carbons (Fsp3) is 0.423. The molecule has 8 rings (SSSR count). The van der Waals surface area contributed by atoms with Crippen molar-refractivity contribution in [2.24, 2.45) is 28.7 Å². The van der Waals surface area contributed by atoms with Gasteiger partial charge in [-0.1, -0.05) is 243 Å². The Morgan fingerprint density at radius 3 is 0.571 bits per heavy atom. The quantitative estimate of drug-likeness (QED) is 0.0193. The molecule has 0 fully saturated rings. The first-order valence-electron chi connectivity index (χ1n) is 46.5. The van der Waals surface area contributed by atoms with Crippen LogP contribution in [0.5, 0.6) is 0 Å². The van der Waals surface area contributed by atoms with Crippen LogP contribution in [-0.4, -0.2) is 256 Å². The van der Waals surface area contributed by atoms with Crippen LogP contribution in [0.15, 0.2) is 243 Å². The number of amides is 12. The average molecular weight is 1820 g/mol. The van der Waals surface area contributed by atoms with Gasteiger partial charge in [0, 0.05) is 19.6 Å². The Bertz CT molecular complexity index is 4900. The van der Waals surface area contributed by atoms with E-state index in [2.05, 4.69) is 5.32 Å². The number of nitrogens with two attached hydrogens (primary N) is 5. The summed E-state index contributed by atoms with van der Waals surface area (Å²) in [5.41, 5.74) is 35.3. The lowest BCUT2D eigenvalue weighted by Crippen LogP contribution is -2.54. The third kappa shape index (κ3) is 32.3. The molecule has 0 spiro atoms. The van der Waals surface area contributed by atoms with E-state index < -0.39 is 185 Å². The van der Waals surface area contributed by atoms with Crippen LogP contribution in [0.25, 0.3) is 0 Å². The van der Waals surface area contributed by atoms with E-state index in [9.17, 15) is 14.4 Å². The van der Waals surface area contributed by atoms with E-state index in [1.165, 1.54) is 53.9 Å². The molecule has 0 aromatic heterocycles.